The highest BCUT2D eigenvalue weighted by molar-refractivity contribution is 7.88. The number of aromatic nitrogens is 3. The molecule has 0 bridgehead atoms. The predicted molar refractivity (Wildman–Crippen MR) is 114 cm³/mol. The number of sulfonamides is 1. The number of alkyl halides is 2. The number of nitrogens with zero attached hydrogens (tertiary/aromatic N) is 4. The number of nitrogens with one attached hydrogen (secondary N) is 2. The number of aliphatic hydroxyl groups is 1. The number of halogens is 2. The molecule has 2 aliphatic heterocycles. The zero-order valence-corrected chi connectivity index (χ0v) is 18.4. The summed E-state index contributed by atoms with van der Waals surface area (Å²) in [5.74, 6) is 0.457. The Morgan fingerprint density at radius 3 is 2.62 bits per heavy atom. The first-order chi connectivity index (χ1) is 15.2. The highest BCUT2D eigenvalue weighted by Gasteiger charge is 2.32. The number of piperidine rings is 1. The third-order valence-electron chi connectivity index (χ3n) is 5.70. The van der Waals surface area contributed by atoms with Crippen molar-refractivity contribution in [1.82, 2.24) is 19.3 Å². The summed E-state index contributed by atoms with van der Waals surface area (Å²) < 4.78 is 56.7. The summed E-state index contributed by atoms with van der Waals surface area (Å²) in [6.45, 7) is 1.39. The van der Waals surface area contributed by atoms with Gasteiger partial charge in [-0.05, 0) is 25.3 Å². The van der Waals surface area contributed by atoms with Crippen molar-refractivity contribution in [1.29, 1.82) is 0 Å². The van der Waals surface area contributed by atoms with Crippen LogP contribution in [0.25, 0.3) is 10.9 Å². The molecule has 32 heavy (non-hydrogen) atoms. The Hall–Kier alpha value is -2.22. The fourth-order valence-corrected chi connectivity index (χ4v) is 4.78. The molecule has 2 aliphatic rings. The molecule has 0 amide bonds. The maximum atomic E-state index is 13.4. The number of pyridine rings is 1. The van der Waals surface area contributed by atoms with Crippen molar-refractivity contribution in [2.75, 3.05) is 43.2 Å². The minimum absolute atomic E-state index is 0.0278. The van der Waals surface area contributed by atoms with Crippen LogP contribution in [0.1, 0.15) is 31.4 Å². The van der Waals surface area contributed by atoms with Crippen LogP contribution >= 0.6 is 0 Å². The van der Waals surface area contributed by atoms with Crippen molar-refractivity contribution < 1.29 is 27.0 Å². The second-order valence-electron chi connectivity index (χ2n) is 8.09. The van der Waals surface area contributed by atoms with Gasteiger partial charge in [0.2, 0.25) is 16.0 Å². The van der Waals surface area contributed by atoms with Gasteiger partial charge in [0.1, 0.15) is 11.2 Å². The number of aliphatic hydroxyl groups excluding tert-OH is 1. The fraction of sp³-hybridized carbons (Fsp3) is 0.632. The maximum absolute atomic E-state index is 13.4. The number of β-amino-alcohol motifs (C(OH)–C–C–N with tert-alkyl or cyclic N) is 1. The molecule has 4 heterocycles. The Bertz CT molecular complexity index is 1070. The Kier molecular flexibility index (Phi) is 6.70. The summed E-state index contributed by atoms with van der Waals surface area (Å²) in [6.07, 6.45) is 0.677. The average Bonchev–Trinajstić information content (AvgIpc) is 2.75. The second kappa shape index (κ2) is 9.33. The number of ether oxygens (including phenoxy) is 1. The predicted octanol–water partition coefficient (Wildman–Crippen LogP) is 1.36. The lowest BCUT2D eigenvalue weighted by Gasteiger charge is -2.34. The van der Waals surface area contributed by atoms with Crippen LogP contribution in [0.5, 0.6) is 0 Å². The third kappa shape index (κ3) is 5.22. The van der Waals surface area contributed by atoms with E-state index in [9.17, 15) is 22.3 Å². The normalized spacial score (nSPS) is 23.5. The zero-order valence-electron chi connectivity index (χ0n) is 17.5. The van der Waals surface area contributed by atoms with Gasteiger partial charge in [-0.1, -0.05) is 0 Å². The van der Waals surface area contributed by atoms with Crippen molar-refractivity contribution in [3.63, 3.8) is 0 Å². The van der Waals surface area contributed by atoms with Crippen molar-refractivity contribution in [2.45, 2.75) is 43.9 Å². The van der Waals surface area contributed by atoms with Crippen molar-refractivity contribution in [3.05, 3.63) is 18.0 Å². The van der Waals surface area contributed by atoms with Gasteiger partial charge in [-0.2, -0.15) is 4.31 Å². The summed E-state index contributed by atoms with van der Waals surface area (Å²) in [5, 5.41) is 17.1. The first kappa shape index (κ1) is 23.0. The van der Waals surface area contributed by atoms with Gasteiger partial charge in [-0.3, -0.25) is 0 Å². The molecule has 2 aromatic rings. The Balaban J connectivity index is 1.58. The molecule has 0 unspecified atom stereocenters. The van der Waals surface area contributed by atoms with E-state index in [1.54, 1.807) is 0 Å². The lowest BCUT2D eigenvalue weighted by Crippen LogP contribution is -2.51. The molecule has 2 saturated heterocycles. The van der Waals surface area contributed by atoms with E-state index >= 15 is 0 Å². The first-order valence-electron chi connectivity index (χ1n) is 10.4. The third-order valence-corrected chi connectivity index (χ3v) is 6.97. The van der Waals surface area contributed by atoms with Crippen molar-refractivity contribution in [3.8, 4) is 0 Å². The van der Waals surface area contributed by atoms with Crippen LogP contribution in [0.2, 0.25) is 0 Å². The molecule has 2 fully saturated rings. The molecule has 176 valence electrons. The van der Waals surface area contributed by atoms with E-state index in [2.05, 4.69) is 25.6 Å². The number of fused-ring (bicyclic) bond motifs is 1. The van der Waals surface area contributed by atoms with Crippen LogP contribution in [0, 0.1) is 0 Å². The van der Waals surface area contributed by atoms with Crippen molar-refractivity contribution >= 4 is 32.7 Å². The van der Waals surface area contributed by atoms with E-state index in [1.165, 1.54) is 16.6 Å². The van der Waals surface area contributed by atoms with Gasteiger partial charge in [-0.25, -0.2) is 32.2 Å². The van der Waals surface area contributed by atoms with E-state index in [-0.39, 0.29) is 36.6 Å². The molecule has 4 rings (SSSR count). The number of hydrogen-bond donors (Lipinski definition) is 3. The van der Waals surface area contributed by atoms with E-state index in [1.807, 2.05) is 0 Å². The van der Waals surface area contributed by atoms with Crippen molar-refractivity contribution in [2.24, 2.45) is 0 Å². The Morgan fingerprint density at radius 1 is 1.22 bits per heavy atom. The van der Waals surface area contributed by atoms with Crippen LogP contribution in [-0.2, 0) is 14.8 Å². The van der Waals surface area contributed by atoms with Gasteiger partial charge in [-0.15, -0.1) is 0 Å². The average molecular weight is 473 g/mol. The number of anilines is 2. The van der Waals surface area contributed by atoms with E-state index in [0.717, 1.165) is 19.1 Å². The highest BCUT2D eigenvalue weighted by atomic mass is 32.2. The Morgan fingerprint density at radius 2 is 1.97 bits per heavy atom. The molecule has 3 N–H and O–H groups in total. The van der Waals surface area contributed by atoms with E-state index < -0.39 is 28.6 Å². The fourth-order valence-electron chi connectivity index (χ4n) is 3.92. The highest BCUT2D eigenvalue weighted by Crippen LogP contribution is 2.28. The lowest BCUT2D eigenvalue weighted by molar-refractivity contribution is 0.0903. The van der Waals surface area contributed by atoms with E-state index in [0.29, 0.717) is 30.5 Å². The largest absolute Gasteiger partial charge is 0.390 e. The molecule has 0 saturated carbocycles. The van der Waals surface area contributed by atoms with Gasteiger partial charge in [0.25, 0.3) is 6.43 Å². The van der Waals surface area contributed by atoms with Crippen LogP contribution in [0.4, 0.5) is 20.5 Å². The molecular weight excluding hydrogens is 446 g/mol. The summed E-state index contributed by atoms with van der Waals surface area (Å²) in [6, 6.07) is 0.838. The smallest absolute Gasteiger partial charge is 0.280 e. The number of hydrogen-bond acceptors (Lipinski definition) is 9. The van der Waals surface area contributed by atoms with Gasteiger partial charge >= 0.3 is 0 Å². The molecule has 0 spiro atoms. The zero-order chi connectivity index (χ0) is 22.9. The molecule has 2 atom stereocenters. The minimum atomic E-state index is -3.39. The van der Waals surface area contributed by atoms with Gasteiger partial charge < -0.3 is 20.5 Å². The topological polar surface area (TPSA) is 130 Å². The van der Waals surface area contributed by atoms with Gasteiger partial charge in [0.05, 0.1) is 18.4 Å². The standard InChI is InChI=1S/C19H26F2N6O4S/c1-32(29,30)27-5-2-13(15(28)10-27)25-19-22-9-11-8-14(17(20)21)24-18(16(11)26-19)23-12-3-6-31-7-4-12/h8-9,12-13,15,17,28H,2-7,10H2,1H3,(H,23,24)(H,22,25,26)/t13-,15-/m1/s1. The lowest BCUT2D eigenvalue weighted by atomic mass is 10.0. The quantitative estimate of drug-likeness (QED) is 0.571. The van der Waals surface area contributed by atoms with E-state index in [4.69, 9.17) is 4.74 Å². The van der Waals surface area contributed by atoms with Crippen LogP contribution in [0.3, 0.4) is 0 Å². The maximum Gasteiger partial charge on any atom is 0.280 e. The molecule has 0 aliphatic carbocycles. The van der Waals surface area contributed by atoms with Crippen LogP contribution < -0.4 is 10.6 Å². The molecule has 0 radical (unpaired) electrons. The minimum Gasteiger partial charge on any atom is -0.390 e. The van der Waals surface area contributed by atoms with Crippen LogP contribution in [0.15, 0.2) is 12.3 Å². The molecular formula is C19H26F2N6O4S. The monoisotopic (exact) mass is 472 g/mol. The SMILES string of the molecule is CS(=O)(=O)N1CC[C@@H](Nc2ncc3cc(C(F)F)nc(NC4CCOCC4)c3n2)[C@H](O)C1. The van der Waals surface area contributed by atoms with Gasteiger partial charge in [0, 0.05) is 43.9 Å². The molecule has 2 aromatic heterocycles. The first-order valence-corrected chi connectivity index (χ1v) is 12.3. The summed E-state index contributed by atoms with van der Waals surface area (Å²) in [7, 11) is -3.39. The summed E-state index contributed by atoms with van der Waals surface area (Å²) >= 11 is 0. The number of rotatable bonds is 6. The second-order valence-corrected chi connectivity index (χ2v) is 10.1. The van der Waals surface area contributed by atoms with Crippen LogP contribution in [-0.4, -0.2) is 83.5 Å². The summed E-state index contributed by atoms with van der Waals surface area (Å²) in [5.41, 5.74) is 0.0291. The molecule has 13 heteroatoms. The molecule has 10 nitrogen and oxygen atoms in total. The Labute approximate surface area is 184 Å². The van der Waals surface area contributed by atoms with Gasteiger partial charge in [0.15, 0.2) is 5.82 Å². The summed E-state index contributed by atoms with van der Waals surface area (Å²) in [4.78, 5) is 12.8. The molecule has 0 aromatic carbocycles.